The van der Waals surface area contributed by atoms with Gasteiger partial charge in [0.2, 0.25) is 0 Å². The van der Waals surface area contributed by atoms with Gasteiger partial charge in [0.25, 0.3) is 0 Å². The fourth-order valence-corrected chi connectivity index (χ4v) is 2.10. The Morgan fingerprint density at radius 1 is 1.06 bits per heavy atom. The summed E-state index contributed by atoms with van der Waals surface area (Å²) < 4.78 is 0. The molecule has 5 heteroatoms. The summed E-state index contributed by atoms with van der Waals surface area (Å²) in [5, 5.41) is 18.4. The van der Waals surface area contributed by atoms with E-state index in [1.165, 1.54) is 0 Å². The third kappa shape index (κ3) is 5.69. The van der Waals surface area contributed by atoms with Crippen LogP contribution in [0.2, 0.25) is 0 Å². The van der Waals surface area contributed by atoms with Crippen molar-refractivity contribution in [3.63, 3.8) is 0 Å². The molecule has 0 rings (SSSR count). The summed E-state index contributed by atoms with van der Waals surface area (Å²) in [5.74, 6) is -2.82. The zero-order valence-electron chi connectivity index (χ0n) is 13.0. The van der Waals surface area contributed by atoms with Gasteiger partial charge in [0, 0.05) is 0 Å². The molecule has 0 atom stereocenters. The second-order valence-electron chi connectivity index (χ2n) is 4.90. The molecule has 0 spiro atoms. The van der Waals surface area contributed by atoms with Crippen LogP contribution in [0.5, 0.6) is 0 Å². The van der Waals surface area contributed by atoms with Crippen molar-refractivity contribution in [2.45, 2.75) is 59.3 Å². The van der Waals surface area contributed by atoms with Gasteiger partial charge >= 0.3 is 63.3 Å². The number of hydrogen-bond acceptors (Lipinski definition) is 2. The average Bonchev–Trinajstić information content (AvgIpc) is 2.21. The molecule has 0 aromatic heterocycles. The van der Waals surface area contributed by atoms with E-state index in [1.807, 2.05) is 0 Å². The van der Waals surface area contributed by atoms with Gasteiger partial charge in [0.1, 0.15) is 0 Å². The largest absolute Gasteiger partial charge is 1.00 e. The minimum Gasteiger partial charge on any atom is -1.00 e. The van der Waals surface area contributed by atoms with Crippen LogP contribution in [0.25, 0.3) is 0 Å². The molecular formula is C13H25KO4. The molecule has 0 aliphatic carbocycles. The van der Waals surface area contributed by atoms with Gasteiger partial charge in [-0.25, -0.2) is 0 Å². The maximum Gasteiger partial charge on any atom is 1.00 e. The maximum atomic E-state index is 11.2. The van der Waals surface area contributed by atoms with Gasteiger partial charge in [-0.05, 0) is 12.3 Å². The van der Waals surface area contributed by atoms with Gasteiger partial charge in [-0.3, -0.25) is 9.59 Å². The SMILES string of the molecule is CCCCCCCC(C(=O)O)(C(=O)O)C(C)C.[H-].[K+]. The van der Waals surface area contributed by atoms with Gasteiger partial charge < -0.3 is 11.6 Å². The van der Waals surface area contributed by atoms with Crippen LogP contribution in [-0.4, -0.2) is 22.2 Å². The molecule has 0 bridgehead atoms. The number of carbonyl (C=O) groups is 2. The summed E-state index contributed by atoms with van der Waals surface area (Å²) in [6, 6.07) is 0. The molecule has 0 aliphatic rings. The van der Waals surface area contributed by atoms with Crippen molar-refractivity contribution in [3.8, 4) is 0 Å². The fourth-order valence-electron chi connectivity index (χ4n) is 2.10. The van der Waals surface area contributed by atoms with Crippen molar-refractivity contribution in [3.05, 3.63) is 0 Å². The molecule has 102 valence electrons. The van der Waals surface area contributed by atoms with Crippen LogP contribution in [0, 0.1) is 11.3 Å². The Bertz CT molecular complexity index is 255. The third-order valence-electron chi connectivity index (χ3n) is 3.42. The van der Waals surface area contributed by atoms with Gasteiger partial charge in [0.15, 0.2) is 5.41 Å². The van der Waals surface area contributed by atoms with Crippen LogP contribution < -0.4 is 51.4 Å². The second kappa shape index (κ2) is 10.4. The Morgan fingerprint density at radius 2 is 1.50 bits per heavy atom. The quantitative estimate of drug-likeness (QED) is 0.362. The second-order valence-corrected chi connectivity index (χ2v) is 4.90. The molecule has 0 aromatic rings. The smallest absolute Gasteiger partial charge is 1.00 e. The van der Waals surface area contributed by atoms with E-state index in [2.05, 4.69) is 6.92 Å². The number of carboxylic acid groups (broad SMARTS) is 2. The molecule has 0 saturated heterocycles. The summed E-state index contributed by atoms with van der Waals surface area (Å²) in [5.41, 5.74) is -1.62. The molecule has 0 aromatic carbocycles. The Kier molecular flexibility index (Phi) is 12.0. The van der Waals surface area contributed by atoms with E-state index in [4.69, 9.17) is 0 Å². The first-order chi connectivity index (χ1) is 7.89. The van der Waals surface area contributed by atoms with Gasteiger partial charge in [0.05, 0.1) is 0 Å². The summed E-state index contributed by atoms with van der Waals surface area (Å²) in [4.78, 5) is 22.5. The zero-order valence-corrected chi connectivity index (χ0v) is 15.2. The standard InChI is InChI=1S/C13H24O4.K.H/c1-4-5-6-7-8-9-13(10(2)3,11(14)15)12(16)17;;/h10H,4-9H2,1-3H3,(H,14,15)(H,16,17);;/q;+1;-1. The van der Waals surface area contributed by atoms with Gasteiger partial charge in [-0.15, -0.1) is 0 Å². The van der Waals surface area contributed by atoms with Crippen LogP contribution in [-0.2, 0) is 9.59 Å². The van der Waals surface area contributed by atoms with Crippen LogP contribution in [0.15, 0.2) is 0 Å². The van der Waals surface area contributed by atoms with Crippen LogP contribution in [0.1, 0.15) is 60.7 Å². The van der Waals surface area contributed by atoms with Crippen molar-refractivity contribution < 1.29 is 72.6 Å². The van der Waals surface area contributed by atoms with E-state index in [9.17, 15) is 19.8 Å². The van der Waals surface area contributed by atoms with Crippen molar-refractivity contribution in [2.75, 3.05) is 0 Å². The topological polar surface area (TPSA) is 74.6 Å². The molecule has 0 fully saturated rings. The Balaban J connectivity index is -0.00000128. The maximum absolute atomic E-state index is 11.2. The summed E-state index contributed by atoms with van der Waals surface area (Å²) in [6.45, 7) is 5.43. The van der Waals surface area contributed by atoms with Crippen LogP contribution >= 0.6 is 0 Å². The van der Waals surface area contributed by atoms with Crippen molar-refractivity contribution in [2.24, 2.45) is 11.3 Å². The number of rotatable bonds is 9. The Morgan fingerprint density at radius 3 is 1.83 bits per heavy atom. The summed E-state index contributed by atoms with van der Waals surface area (Å²) in [6.07, 6.45) is 5.07. The number of unbranched alkanes of at least 4 members (excludes halogenated alkanes) is 4. The molecule has 2 N–H and O–H groups in total. The number of carboxylic acids is 2. The molecule has 0 aliphatic heterocycles. The normalized spacial score (nSPS) is 11.1. The summed E-state index contributed by atoms with van der Waals surface area (Å²) in [7, 11) is 0. The van der Waals surface area contributed by atoms with E-state index in [0.29, 0.717) is 6.42 Å². The predicted octanol–water partition coefficient (Wildman–Crippen LogP) is 0.275. The fraction of sp³-hybridized carbons (Fsp3) is 0.846. The first-order valence-corrected chi connectivity index (χ1v) is 6.36. The first kappa shape index (κ1) is 20.9. The zero-order chi connectivity index (χ0) is 13.5. The van der Waals surface area contributed by atoms with Crippen LogP contribution in [0.3, 0.4) is 0 Å². The van der Waals surface area contributed by atoms with E-state index in [-0.39, 0.29) is 59.2 Å². The average molecular weight is 284 g/mol. The molecular weight excluding hydrogens is 259 g/mol. The molecule has 18 heavy (non-hydrogen) atoms. The molecule has 0 amide bonds. The molecule has 0 heterocycles. The Labute approximate surface area is 153 Å². The van der Waals surface area contributed by atoms with Gasteiger partial charge in [-0.1, -0.05) is 52.9 Å². The Hall–Kier alpha value is 0.576. The van der Waals surface area contributed by atoms with Crippen molar-refractivity contribution in [1.82, 2.24) is 0 Å². The molecule has 0 radical (unpaired) electrons. The van der Waals surface area contributed by atoms with E-state index in [0.717, 1.165) is 25.7 Å². The van der Waals surface area contributed by atoms with Crippen molar-refractivity contribution in [1.29, 1.82) is 0 Å². The minimum atomic E-state index is -1.62. The molecule has 4 nitrogen and oxygen atoms in total. The minimum absolute atomic E-state index is 0. The monoisotopic (exact) mass is 284 g/mol. The predicted molar refractivity (Wildman–Crippen MR) is 67.0 cm³/mol. The molecule has 0 unspecified atom stereocenters. The van der Waals surface area contributed by atoms with E-state index < -0.39 is 23.3 Å². The third-order valence-corrected chi connectivity index (χ3v) is 3.42. The van der Waals surface area contributed by atoms with E-state index in [1.54, 1.807) is 13.8 Å². The number of aliphatic carboxylic acids is 2. The summed E-state index contributed by atoms with van der Waals surface area (Å²) >= 11 is 0. The van der Waals surface area contributed by atoms with Crippen molar-refractivity contribution >= 4 is 11.9 Å². The van der Waals surface area contributed by atoms with E-state index >= 15 is 0 Å². The van der Waals surface area contributed by atoms with Crippen LogP contribution in [0.4, 0.5) is 0 Å². The van der Waals surface area contributed by atoms with Gasteiger partial charge in [-0.2, -0.15) is 0 Å². The number of hydrogen-bond donors (Lipinski definition) is 2. The molecule has 0 saturated carbocycles. The first-order valence-electron chi connectivity index (χ1n) is 6.36.